The number of carbonyl (C=O) groups is 2. The molecule has 298 valence electrons. The van der Waals surface area contributed by atoms with Crippen LogP contribution < -0.4 is 0 Å². The van der Waals surface area contributed by atoms with E-state index in [0.717, 1.165) is 64.6 Å². The third-order valence-corrected chi connectivity index (χ3v) is 10.4. The van der Waals surface area contributed by atoms with Crippen molar-refractivity contribution in [3.8, 4) is 0 Å². The fourth-order valence-corrected chi connectivity index (χ4v) is 7.31. The number of esters is 2. The lowest BCUT2D eigenvalue weighted by Crippen LogP contribution is -2.42. The number of hydrogen-bond acceptors (Lipinski definition) is 8. The summed E-state index contributed by atoms with van der Waals surface area (Å²) in [7, 11) is -3.97. The van der Waals surface area contributed by atoms with Crippen LogP contribution in [0.15, 0.2) is 0 Å². The summed E-state index contributed by atoms with van der Waals surface area (Å²) in [5.41, 5.74) is 0. The van der Waals surface area contributed by atoms with E-state index < -0.39 is 10.1 Å². The van der Waals surface area contributed by atoms with Gasteiger partial charge in [0, 0.05) is 26.9 Å². The molecule has 0 saturated carbocycles. The summed E-state index contributed by atoms with van der Waals surface area (Å²) in [5, 5.41) is 0. The average molecular weight is 733 g/mol. The highest BCUT2D eigenvalue weighted by molar-refractivity contribution is 7.85. The molecule has 0 fully saturated rings. The molecule has 0 aliphatic heterocycles. The Morgan fingerprint density at radius 2 is 0.860 bits per heavy atom. The van der Waals surface area contributed by atoms with Crippen LogP contribution in [0.5, 0.6) is 0 Å². The molecule has 10 heteroatoms. The molecule has 50 heavy (non-hydrogen) atoms. The quantitative estimate of drug-likeness (QED) is 0.0379. The topological polar surface area (TPSA) is 113 Å². The van der Waals surface area contributed by atoms with Crippen molar-refractivity contribution in [3.63, 3.8) is 0 Å². The van der Waals surface area contributed by atoms with Crippen molar-refractivity contribution < 1.29 is 32.0 Å². The molecule has 0 aliphatic rings. The Kier molecular flexibility index (Phi) is 32.8. The molecule has 0 rings (SSSR count). The Hall–Kier alpha value is -1.23. The van der Waals surface area contributed by atoms with Gasteiger partial charge in [-0.1, -0.05) is 136 Å². The summed E-state index contributed by atoms with van der Waals surface area (Å²) < 4.78 is 43.2. The molecule has 1 N–H and O–H groups in total. The van der Waals surface area contributed by atoms with Gasteiger partial charge < -0.3 is 14.4 Å². The molecule has 0 aromatic rings. The maximum atomic E-state index is 12.1. The van der Waals surface area contributed by atoms with Crippen molar-refractivity contribution in [3.05, 3.63) is 0 Å². The van der Waals surface area contributed by atoms with Gasteiger partial charge in [0.2, 0.25) is 0 Å². The standard InChI is InChI=1S/C40H80N2O7S/c1-6-9-11-13-15-17-19-21-23-25-29-39(48-37(4)43)35-42(32-27-31-41(8-3)33-28-34-50(45,46)47)36-40(49-38(5)44)30-26-24-22-20-18-16-14-12-10-7-2/h39-40H,6-36H2,1-5H3,(H,45,46,47). The van der Waals surface area contributed by atoms with E-state index in [-0.39, 0.29) is 29.9 Å². The summed E-state index contributed by atoms with van der Waals surface area (Å²) in [6.07, 6.45) is 27.5. The van der Waals surface area contributed by atoms with Crippen LogP contribution in [0.3, 0.4) is 0 Å². The first kappa shape index (κ1) is 48.8. The Morgan fingerprint density at radius 1 is 0.520 bits per heavy atom. The van der Waals surface area contributed by atoms with Gasteiger partial charge in [0.25, 0.3) is 10.1 Å². The van der Waals surface area contributed by atoms with Gasteiger partial charge in [-0.3, -0.25) is 19.0 Å². The molecule has 0 aromatic heterocycles. The normalized spacial score (nSPS) is 13.2. The summed E-state index contributed by atoms with van der Waals surface area (Å²) >= 11 is 0. The smallest absolute Gasteiger partial charge is 0.302 e. The fourth-order valence-electron chi connectivity index (χ4n) is 6.81. The van der Waals surface area contributed by atoms with E-state index in [2.05, 4.69) is 30.6 Å². The van der Waals surface area contributed by atoms with E-state index in [1.54, 1.807) is 0 Å². The van der Waals surface area contributed by atoms with Crippen molar-refractivity contribution in [2.75, 3.05) is 45.0 Å². The minimum atomic E-state index is -3.97. The summed E-state index contributed by atoms with van der Waals surface area (Å²) in [5.74, 6) is -0.762. The van der Waals surface area contributed by atoms with Crippen LogP contribution in [0.25, 0.3) is 0 Å². The summed E-state index contributed by atoms with van der Waals surface area (Å²) in [6, 6.07) is 0. The van der Waals surface area contributed by atoms with Crippen molar-refractivity contribution in [1.82, 2.24) is 9.80 Å². The van der Waals surface area contributed by atoms with Crippen LogP contribution in [0.1, 0.15) is 189 Å². The van der Waals surface area contributed by atoms with Gasteiger partial charge in [-0.05, 0) is 64.7 Å². The van der Waals surface area contributed by atoms with E-state index >= 15 is 0 Å². The molecule has 0 spiro atoms. The van der Waals surface area contributed by atoms with Crippen LogP contribution in [-0.4, -0.2) is 91.9 Å². The van der Waals surface area contributed by atoms with Gasteiger partial charge in [0.1, 0.15) is 12.2 Å². The Balaban J connectivity index is 5.21. The largest absolute Gasteiger partial charge is 0.461 e. The molecular formula is C40H80N2O7S. The first-order chi connectivity index (χ1) is 24.0. The average Bonchev–Trinajstić information content (AvgIpc) is 3.04. The minimum Gasteiger partial charge on any atom is -0.461 e. The molecule has 0 heterocycles. The van der Waals surface area contributed by atoms with Crippen molar-refractivity contribution in [2.45, 2.75) is 201 Å². The van der Waals surface area contributed by atoms with E-state index in [1.165, 1.54) is 117 Å². The number of nitrogens with zero attached hydrogens (tertiary/aromatic N) is 2. The lowest BCUT2D eigenvalue weighted by atomic mass is 10.0. The second-order valence-corrected chi connectivity index (χ2v) is 16.2. The lowest BCUT2D eigenvalue weighted by molar-refractivity contribution is -0.149. The van der Waals surface area contributed by atoms with Gasteiger partial charge in [-0.2, -0.15) is 8.42 Å². The van der Waals surface area contributed by atoms with Crippen LogP contribution in [0.2, 0.25) is 0 Å². The molecule has 0 radical (unpaired) electrons. The third kappa shape index (κ3) is 33.9. The monoisotopic (exact) mass is 733 g/mol. The number of ether oxygens (including phenoxy) is 2. The first-order valence-electron chi connectivity index (χ1n) is 20.7. The van der Waals surface area contributed by atoms with Gasteiger partial charge in [-0.15, -0.1) is 0 Å². The molecule has 2 unspecified atom stereocenters. The second kappa shape index (κ2) is 33.6. The fraction of sp³-hybridized carbons (Fsp3) is 0.950. The Labute approximate surface area is 309 Å². The van der Waals surface area contributed by atoms with Gasteiger partial charge in [-0.25, -0.2) is 0 Å². The molecule has 0 amide bonds. The highest BCUT2D eigenvalue weighted by atomic mass is 32.2. The predicted molar refractivity (Wildman–Crippen MR) is 208 cm³/mol. The van der Waals surface area contributed by atoms with Crippen LogP contribution in [0.4, 0.5) is 0 Å². The van der Waals surface area contributed by atoms with E-state index in [9.17, 15) is 18.0 Å². The first-order valence-corrected chi connectivity index (χ1v) is 22.4. The SMILES string of the molecule is CCCCCCCCCCCCC(CN(CCCN(CC)CCCS(=O)(=O)O)CC(CCCCCCCCCCCC)OC(C)=O)OC(C)=O. The molecule has 0 saturated heterocycles. The number of unbranched alkanes of at least 4 members (excludes halogenated alkanes) is 18. The summed E-state index contributed by atoms with van der Waals surface area (Å²) in [6.45, 7) is 13.6. The van der Waals surface area contributed by atoms with Crippen molar-refractivity contribution >= 4 is 22.1 Å². The van der Waals surface area contributed by atoms with E-state index in [1.807, 2.05) is 0 Å². The molecule has 0 aromatic carbocycles. The van der Waals surface area contributed by atoms with Crippen LogP contribution in [0, 0.1) is 0 Å². The zero-order chi connectivity index (χ0) is 37.3. The van der Waals surface area contributed by atoms with Crippen molar-refractivity contribution in [2.24, 2.45) is 0 Å². The third-order valence-electron chi connectivity index (χ3n) is 9.62. The summed E-state index contributed by atoms with van der Waals surface area (Å²) in [4.78, 5) is 28.8. The van der Waals surface area contributed by atoms with Crippen LogP contribution in [-0.2, 0) is 29.2 Å². The number of rotatable bonds is 37. The highest BCUT2D eigenvalue weighted by Crippen LogP contribution is 2.17. The molecule has 9 nitrogen and oxygen atoms in total. The predicted octanol–water partition coefficient (Wildman–Crippen LogP) is 9.76. The lowest BCUT2D eigenvalue weighted by Gasteiger charge is -2.31. The van der Waals surface area contributed by atoms with E-state index in [0.29, 0.717) is 26.1 Å². The zero-order valence-corrected chi connectivity index (χ0v) is 34.1. The minimum absolute atomic E-state index is 0.214. The van der Waals surface area contributed by atoms with E-state index in [4.69, 9.17) is 14.0 Å². The Morgan fingerprint density at radius 3 is 1.20 bits per heavy atom. The highest BCUT2D eigenvalue weighted by Gasteiger charge is 2.22. The molecule has 2 atom stereocenters. The van der Waals surface area contributed by atoms with Crippen LogP contribution >= 0.6 is 0 Å². The number of hydrogen-bond donors (Lipinski definition) is 1. The number of carbonyl (C=O) groups excluding carboxylic acids is 2. The Bertz CT molecular complexity index is 856. The molecule has 0 bridgehead atoms. The molecule has 0 aliphatic carbocycles. The molecular weight excluding hydrogens is 653 g/mol. The second-order valence-electron chi connectivity index (χ2n) is 14.6. The van der Waals surface area contributed by atoms with Gasteiger partial charge >= 0.3 is 11.9 Å². The zero-order valence-electron chi connectivity index (χ0n) is 33.3. The van der Waals surface area contributed by atoms with Gasteiger partial charge in [0.05, 0.1) is 5.75 Å². The maximum Gasteiger partial charge on any atom is 0.302 e. The van der Waals surface area contributed by atoms with Gasteiger partial charge in [0.15, 0.2) is 0 Å². The van der Waals surface area contributed by atoms with Crippen molar-refractivity contribution in [1.29, 1.82) is 0 Å². The maximum absolute atomic E-state index is 12.1.